The van der Waals surface area contributed by atoms with Crippen LogP contribution in [-0.4, -0.2) is 23.5 Å². The van der Waals surface area contributed by atoms with Gasteiger partial charge in [0.1, 0.15) is 0 Å². The molecule has 0 spiro atoms. The van der Waals surface area contributed by atoms with Crippen LogP contribution in [0.3, 0.4) is 0 Å². The zero-order valence-corrected chi connectivity index (χ0v) is 10.2. The first-order chi connectivity index (χ1) is 8.63. The topological polar surface area (TPSA) is 92.4 Å². The maximum Gasteiger partial charge on any atom is 0.307 e. The van der Waals surface area contributed by atoms with Crippen LogP contribution in [0.25, 0.3) is 0 Å². The van der Waals surface area contributed by atoms with Gasteiger partial charge in [-0.05, 0) is 24.1 Å². The number of nitrogens with two attached hydrogens (primary N) is 1. The Hall–Kier alpha value is -1.88. The molecule has 5 nitrogen and oxygen atoms in total. The van der Waals surface area contributed by atoms with E-state index in [4.69, 9.17) is 10.8 Å². The van der Waals surface area contributed by atoms with Crippen molar-refractivity contribution in [1.82, 2.24) is 5.32 Å². The third-order valence-electron chi connectivity index (χ3n) is 2.54. The molecule has 1 amide bonds. The van der Waals surface area contributed by atoms with Gasteiger partial charge in [0.05, 0.1) is 6.42 Å². The van der Waals surface area contributed by atoms with E-state index in [1.54, 1.807) is 12.1 Å². The molecular weight excluding hydrogens is 232 g/mol. The van der Waals surface area contributed by atoms with E-state index in [9.17, 15) is 9.59 Å². The van der Waals surface area contributed by atoms with Gasteiger partial charge in [0, 0.05) is 13.0 Å². The van der Waals surface area contributed by atoms with Gasteiger partial charge in [0.2, 0.25) is 5.91 Å². The number of aliphatic carboxylic acids is 1. The van der Waals surface area contributed by atoms with Gasteiger partial charge in [-0.2, -0.15) is 0 Å². The van der Waals surface area contributed by atoms with Crippen molar-refractivity contribution in [2.45, 2.75) is 25.8 Å². The molecular formula is C13H18N2O3. The number of carboxylic acids is 1. The highest BCUT2D eigenvalue weighted by Crippen LogP contribution is 2.09. The Morgan fingerprint density at radius 1 is 1.22 bits per heavy atom. The molecule has 0 heterocycles. The Bertz CT molecular complexity index is 418. The van der Waals surface area contributed by atoms with Crippen molar-refractivity contribution < 1.29 is 14.7 Å². The smallest absolute Gasteiger partial charge is 0.307 e. The predicted molar refractivity (Wildman–Crippen MR) is 67.9 cm³/mol. The van der Waals surface area contributed by atoms with Crippen molar-refractivity contribution in [1.29, 1.82) is 0 Å². The molecule has 1 aromatic carbocycles. The molecule has 0 saturated heterocycles. The first-order valence-corrected chi connectivity index (χ1v) is 5.89. The van der Waals surface area contributed by atoms with E-state index in [-0.39, 0.29) is 12.3 Å². The van der Waals surface area contributed by atoms with Gasteiger partial charge in [-0.3, -0.25) is 9.59 Å². The maximum atomic E-state index is 11.4. The number of nitrogens with one attached hydrogen (secondary N) is 1. The average Bonchev–Trinajstić information content (AvgIpc) is 2.34. The molecule has 0 fully saturated rings. The van der Waals surface area contributed by atoms with E-state index in [1.807, 2.05) is 12.1 Å². The van der Waals surface area contributed by atoms with Crippen LogP contribution >= 0.6 is 0 Å². The molecule has 0 atom stereocenters. The number of carbonyl (C=O) groups is 2. The van der Waals surface area contributed by atoms with Crippen molar-refractivity contribution in [3.05, 3.63) is 35.4 Å². The number of benzene rings is 1. The van der Waals surface area contributed by atoms with Crippen LogP contribution in [0.1, 0.15) is 24.0 Å². The number of hydrogen-bond acceptors (Lipinski definition) is 3. The fourth-order valence-corrected chi connectivity index (χ4v) is 1.61. The summed E-state index contributed by atoms with van der Waals surface area (Å²) in [5.41, 5.74) is 6.88. The molecule has 5 heteroatoms. The SMILES string of the molecule is NCCCC(=O)NCc1ccccc1CC(=O)O. The molecule has 0 unspecified atom stereocenters. The Morgan fingerprint density at radius 2 is 1.89 bits per heavy atom. The minimum atomic E-state index is -0.878. The highest BCUT2D eigenvalue weighted by molar-refractivity contribution is 5.76. The normalized spacial score (nSPS) is 10.1. The predicted octanol–water partition coefficient (Wildman–Crippen LogP) is 0.669. The first kappa shape index (κ1) is 14.2. The largest absolute Gasteiger partial charge is 0.481 e. The molecule has 0 aliphatic rings. The van der Waals surface area contributed by atoms with Gasteiger partial charge in [-0.1, -0.05) is 24.3 Å². The fourth-order valence-electron chi connectivity index (χ4n) is 1.61. The summed E-state index contributed by atoms with van der Waals surface area (Å²) in [5.74, 6) is -0.942. The lowest BCUT2D eigenvalue weighted by Crippen LogP contribution is -2.24. The van der Waals surface area contributed by atoms with E-state index < -0.39 is 5.97 Å². The first-order valence-electron chi connectivity index (χ1n) is 5.89. The second kappa shape index (κ2) is 7.45. The van der Waals surface area contributed by atoms with Crippen LogP contribution in [0.4, 0.5) is 0 Å². The van der Waals surface area contributed by atoms with Gasteiger partial charge >= 0.3 is 5.97 Å². The van der Waals surface area contributed by atoms with Gasteiger partial charge in [-0.25, -0.2) is 0 Å². The average molecular weight is 250 g/mol. The number of carbonyl (C=O) groups excluding carboxylic acids is 1. The summed E-state index contributed by atoms with van der Waals surface area (Å²) in [6.07, 6.45) is 1.02. The number of hydrogen-bond donors (Lipinski definition) is 3. The van der Waals surface area contributed by atoms with Gasteiger partial charge in [-0.15, -0.1) is 0 Å². The molecule has 0 aromatic heterocycles. The van der Waals surface area contributed by atoms with Crippen molar-refractivity contribution in [2.24, 2.45) is 5.73 Å². The van der Waals surface area contributed by atoms with Crippen LogP contribution in [0.2, 0.25) is 0 Å². The zero-order valence-electron chi connectivity index (χ0n) is 10.2. The Morgan fingerprint density at radius 3 is 2.50 bits per heavy atom. The molecule has 1 aromatic rings. The summed E-state index contributed by atoms with van der Waals surface area (Å²) in [4.78, 5) is 22.1. The molecule has 1 rings (SSSR count). The van der Waals surface area contributed by atoms with Crippen molar-refractivity contribution >= 4 is 11.9 Å². The van der Waals surface area contributed by atoms with Crippen LogP contribution in [0, 0.1) is 0 Å². The van der Waals surface area contributed by atoms with Crippen molar-refractivity contribution in [3.8, 4) is 0 Å². The quantitative estimate of drug-likeness (QED) is 0.663. The highest BCUT2D eigenvalue weighted by Gasteiger charge is 2.07. The third-order valence-corrected chi connectivity index (χ3v) is 2.54. The minimum Gasteiger partial charge on any atom is -0.481 e. The number of amides is 1. The molecule has 0 radical (unpaired) electrons. The third kappa shape index (κ3) is 4.97. The molecule has 98 valence electrons. The van der Waals surface area contributed by atoms with Crippen LogP contribution in [0.15, 0.2) is 24.3 Å². The second-order valence-corrected chi connectivity index (χ2v) is 4.01. The summed E-state index contributed by atoms with van der Waals surface area (Å²) in [5, 5.41) is 11.5. The van der Waals surface area contributed by atoms with E-state index in [0.717, 1.165) is 11.1 Å². The number of rotatable bonds is 7. The molecule has 18 heavy (non-hydrogen) atoms. The van der Waals surface area contributed by atoms with Crippen LogP contribution < -0.4 is 11.1 Å². The van der Waals surface area contributed by atoms with Crippen molar-refractivity contribution in [2.75, 3.05) is 6.54 Å². The lowest BCUT2D eigenvalue weighted by atomic mass is 10.0. The Kier molecular flexibility index (Phi) is 5.87. The van der Waals surface area contributed by atoms with E-state index in [0.29, 0.717) is 25.9 Å². The fraction of sp³-hybridized carbons (Fsp3) is 0.385. The summed E-state index contributed by atoms with van der Waals surface area (Å²) < 4.78 is 0. The zero-order chi connectivity index (χ0) is 13.4. The van der Waals surface area contributed by atoms with Gasteiger partial charge in [0.25, 0.3) is 0 Å². The number of carboxylic acid groups (broad SMARTS) is 1. The molecule has 0 aliphatic heterocycles. The Balaban J connectivity index is 2.55. The standard InChI is InChI=1S/C13H18N2O3/c14-7-3-6-12(16)15-9-11-5-2-1-4-10(11)8-13(17)18/h1-2,4-5H,3,6-9,14H2,(H,15,16)(H,17,18). The maximum absolute atomic E-state index is 11.4. The molecule has 0 aliphatic carbocycles. The lowest BCUT2D eigenvalue weighted by molar-refractivity contribution is -0.136. The minimum absolute atomic E-state index is 0.0329. The van der Waals surface area contributed by atoms with Gasteiger partial charge < -0.3 is 16.2 Å². The van der Waals surface area contributed by atoms with Gasteiger partial charge in [0.15, 0.2) is 0 Å². The van der Waals surface area contributed by atoms with Crippen molar-refractivity contribution in [3.63, 3.8) is 0 Å². The summed E-state index contributed by atoms with van der Waals surface area (Å²) in [6, 6.07) is 7.20. The lowest BCUT2D eigenvalue weighted by Gasteiger charge is -2.09. The monoisotopic (exact) mass is 250 g/mol. The summed E-state index contributed by atoms with van der Waals surface area (Å²) >= 11 is 0. The summed E-state index contributed by atoms with van der Waals surface area (Å²) in [6.45, 7) is 0.843. The van der Waals surface area contributed by atoms with E-state index >= 15 is 0 Å². The van der Waals surface area contributed by atoms with E-state index in [2.05, 4.69) is 5.32 Å². The van der Waals surface area contributed by atoms with E-state index in [1.165, 1.54) is 0 Å². The summed E-state index contributed by atoms with van der Waals surface area (Å²) in [7, 11) is 0. The van der Waals surface area contributed by atoms with Crippen LogP contribution in [0.5, 0.6) is 0 Å². The van der Waals surface area contributed by atoms with Crippen LogP contribution in [-0.2, 0) is 22.6 Å². The molecule has 0 bridgehead atoms. The second-order valence-electron chi connectivity index (χ2n) is 4.01. The molecule has 0 saturated carbocycles. The highest BCUT2D eigenvalue weighted by atomic mass is 16.4. The Labute approximate surface area is 106 Å². The molecule has 4 N–H and O–H groups in total.